The van der Waals surface area contributed by atoms with Crippen molar-refractivity contribution in [2.45, 2.75) is 18.8 Å². The van der Waals surface area contributed by atoms with Crippen LogP contribution in [-0.4, -0.2) is 0 Å². The fourth-order valence-corrected chi connectivity index (χ4v) is 1.20. The Balaban J connectivity index is 3.15. The van der Waals surface area contributed by atoms with E-state index in [1.54, 1.807) is 13.0 Å². The predicted molar refractivity (Wildman–Crippen MR) is 49.6 cm³/mol. The zero-order chi connectivity index (χ0) is 10.6. The third kappa shape index (κ3) is 1.89. The topological polar surface area (TPSA) is 47.6 Å². The summed E-state index contributed by atoms with van der Waals surface area (Å²) >= 11 is 0. The first-order valence-corrected chi connectivity index (χ1v) is 4.16. The molecule has 0 bridgehead atoms. The molecule has 14 heavy (non-hydrogen) atoms. The van der Waals surface area contributed by atoms with Crippen LogP contribution in [-0.2, 0) is 5.41 Å². The maximum absolute atomic E-state index is 12.9. The normalized spacial score (nSPS) is 13.7. The van der Waals surface area contributed by atoms with Gasteiger partial charge in [-0.15, -0.1) is 0 Å². The second kappa shape index (κ2) is 3.89. The van der Waals surface area contributed by atoms with Gasteiger partial charge in [0.2, 0.25) is 0 Å². The van der Waals surface area contributed by atoms with Crippen LogP contribution in [0.25, 0.3) is 0 Å². The van der Waals surface area contributed by atoms with Gasteiger partial charge in [0, 0.05) is 0 Å². The standard InChI is InChI=1S/C11H9FN2/c1-11(8-14,5-6-13)9-3-2-4-10(12)7-9/h2-4,7H,5H2,1H3. The van der Waals surface area contributed by atoms with Crippen molar-refractivity contribution in [2.24, 2.45) is 0 Å². The van der Waals surface area contributed by atoms with Gasteiger partial charge in [-0.3, -0.25) is 0 Å². The first-order chi connectivity index (χ1) is 6.62. The second-order valence-electron chi connectivity index (χ2n) is 3.29. The van der Waals surface area contributed by atoms with E-state index in [0.29, 0.717) is 5.56 Å². The highest BCUT2D eigenvalue weighted by Gasteiger charge is 2.26. The van der Waals surface area contributed by atoms with E-state index in [-0.39, 0.29) is 12.2 Å². The average molecular weight is 188 g/mol. The molecule has 0 saturated carbocycles. The van der Waals surface area contributed by atoms with Gasteiger partial charge in [-0.2, -0.15) is 10.5 Å². The van der Waals surface area contributed by atoms with E-state index in [2.05, 4.69) is 0 Å². The lowest BCUT2D eigenvalue weighted by molar-refractivity contribution is 0.596. The number of hydrogen-bond donors (Lipinski definition) is 0. The molecule has 0 radical (unpaired) electrons. The van der Waals surface area contributed by atoms with Crippen molar-refractivity contribution >= 4 is 0 Å². The van der Waals surface area contributed by atoms with Gasteiger partial charge in [-0.05, 0) is 24.6 Å². The van der Waals surface area contributed by atoms with Crippen LogP contribution >= 0.6 is 0 Å². The fourth-order valence-electron chi connectivity index (χ4n) is 1.20. The molecule has 1 unspecified atom stereocenters. The number of nitriles is 2. The quantitative estimate of drug-likeness (QED) is 0.715. The molecule has 0 aliphatic heterocycles. The summed E-state index contributed by atoms with van der Waals surface area (Å²) in [7, 11) is 0. The van der Waals surface area contributed by atoms with E-state index in [0.717, 1.165) is 0 Å². The Labute approximate surface area is 82.2 Å². The lowest BCUT2D eigenvalue weighted by Gasteiger charge is -2.17. The zero-order valence-electron chi connectivity index (χ0n) is 7.79. The maximum Gasteiger partial charge on any atom is 0.123 e. The van der Waals surface area contributed by atoms with E-state index < -0.39 is 5.41 Å². The molecule has 0 aromatic heterocycles. The Morgan fingerprint density at radius 1 is 1.43 bits per heavy atom. The van der Waals surface area contributed by atoms with Gasteiger partial charge in [0.1, 0.15) is 5.82 Å². The third-order valence-electron chi connectivity index (χ3n) is 2.14. The molecular weight excluding hydrogens is 179 g/mol. The second-order valence-corrected chi connectivity index (χ2v) is 3.29. The molecule has 0 aliphatic rings. The van der Waals surface area contributed by atoms with Gasteiger partial charge in [0.15, 0.2) is 0 Å². The first kappa shape index (κ1) is 10.2. The molecule has 1 aromatic carbocycles. The maximum atomic E-state index is 12.9. The minimum Gasteiger partial charge on any atom is -0.207 e. The SMILES string of the molecule is CC(C#N)(CC#N)c1cccc(F)c1. The highest BCUT2D eigenvalue weighted by molar-refractivity contribution is 5.32. The molecule has 1 rings (SSSR count). The molecule has 70 valence electrons. The summed E-state index contributed by atoms with van der Waals surface area (Å²) in [6.07, 6.45) is 0.0625. The summed E-state index contributed by atoms with van der Waals surface area (Å²) < 4.78 is 12.9. The molecule has 0 aliphatic carbocycles. The van der Waals surface area contributed by atoms with Crippen LogP contribution in [0.1, 0.15) is 18.9 Å². The minimum absolute atomic E-state index is 0.0625. The van der Waals surface area contributed by atoms with Crippen molar-refractivity contribution in [1.82, 2.24) is 0 Å². The fraction of sp³-hybridized carbons (Fsp3) is 0.273. The summed E-state index contributed by atoms with van der Waals surface area (Å²) in [5, 5.41) is 17.5. The number of benzene rings is 1. The first-order valence-electron chi connectivity index (χ1n) is 4.16. The molecule has 1 aromatic rings. The lowest BCUT2D eigenvalue weighted by atomic mass is 9.81. The van der Waals surface area contributed by atoms with Gasteiger partial charge in [-0.1, -0.05) is 12.1 Å². The summed E-state index contributed by atoms with van der Waals surface area (Å²) in [6, 6.07) is 9.77. The van der Waals surface area contributed by atoms with E-state index in [4.69, 9.17) is 10.5 Å². The lowest BCUT2D eigenvalue weighted by Crippen LogP contribution is -2.18. The van der Waals surface area contributed by atoms with E-state index in [9.17, 15) is 4.39 Å². The van der Waals surface area contributed by atoms with E-state index in [1.165, 1.54) is 18.2 Å². The largest absolute Gasteiger partial charge is 0.207 e. The molecule has 0 amide bonds. The van der Waals surface area contributed by atoms with Crippen molar-refractivity contribution in [3.05, 3.63) is 35.6 Å². The van der Waals surface area contributed by atoms with Crippen LogP contribution in [0.3, 0.4) is 0 Å². The summed E-state index contributed by atoms with van der Waals surface area (Å²) in [6.45, 7) is 1.63. The minimum atomic E-state index is -0.920. The smallest absolute Gasteiger partial charge is 0.123 e. The van der Waals surface area contributed by atoms with Crippen LogP contribution in [0.4, 0.5) is 4.39 Å². The van der Waals surface area contributed by atoms with Gasteiger partial charge in [0.05, 0.1) is 24.0 Å². The van der Waals surface area contributed by atoms with Crippen molar-refractivity contribution in [3.63, 3.8) is 0 Å². The molecule has 0 spiro atoms. The van der Waals surface area contributed by atoms with Crippen molar-refractivity contribution in [1.29, 1.82) is 10.5 Å². The monoisotopic (exact) mass is 188 g/mol. The predicted octanol–water partition coefficient (Wildman–Crippen LogP) is 2.52. The number of nitrogens with zero attached hydrogens (tertiary/aromatic N) is 2. The van der Waals surface area contributed by atoms with Crippen LogP contribution in [0.2, 0.25) is 0 Å². The Morgan fingerprint density at radius 2 is 2.14 bits per heavy atom. The van der Waals surface area contributed by atoms with E-state index >= 15 is 0 Å². The Hall–Kier alpha value is -1.87. The Bertz CT molecular complexity index is 414. The third-order valence-corrected chi connectivity index (χ3v) is 2.14. The highest BCUT2D eigenvalue weighted by Crippen LogP contribution is 2.26. The molecule has 0 saturated heterocycles. The molecule has 0 heterocycles. The number of halogens is 1. The van der Waals surface area contributed by atoms with Gasteiger partial charge < -0.3 is 0 Å². The molecular formula is C11H9FN2. The van der Waals surface area contributed by atoms with Gasteiger partial charge >= 0.3 is 0 Å². The Morgan fingerprint density at radius 3 is 2.64 bits per heavy atom. The average Bonchev–Trinajstić information content (AvgIpc) is 2.18. The van der Waals surface area contributed by atoms with E-state index in [1.807, 2.05) is 12.1 Å². The number of hydrogen-bond acceptors (Lipinski definition) is 2. The van der Waals surface area contributed by atoms with Crippen molar-refractivity contribution < 1.29 is 4.39 Å². The molecule has 1 atom stereocenters. The van der Waals surface area contributed by atoms with Crippen LogP contribution in [0.5, 0.6) is 0 Å². The number of rotatable bonds is 2. The van der Waals surface area contributed by atoms with Crippen LogP contribution in [0, 0.1) is 28.5 Å². The summed E-state index contributed by atoms with van der Waals surface area (Å²) in [5.41, 5.74) is -0.377. The summed E-state index contributed by atoms with van der Waals surface area (Å²) in [4.78, 5) is 0. The van der Waals surface area contributed by atoms with Gasteiger partial charge in [0.25, 0.3) is 0 Å². The summed E-state index contributed by atoms with van der Waals surface area (Å²) in [5.74, 6) is -0.387. The van der Waals surface area contributed by atoms with Gasteiger partial charge in [-0.25, -0.2) is 4.39 Å². The highest BCUT2D eigenvalue weighted by atomic mass is 19.1. The van der Waals surface area contributed by atoms with Crippen LogP contribution < -0.4 is 0 Å². The molecule has 3 heteroatoms. The molecule has 0 fully saturated rings. The molecule has 2 nitrogen and oxygen atoms in total. The molecule has 0 N–H and O–H groups in total. The van der Waals surface area contributed by atoms with Crippen molar-refractivity contribution in [3.8, 4) is 12.1 Å². The Kier molecular flexibility index (Phi) is 2.84. The van der Waals surface area contributed by atoms with Crippen LogP contribution in [0.15, 0.2) is 24.3 Å². The zero-order valence-corrected chi connectivity index (χ0v) is 7.79. The van der Waals surface area contributed by atoms with Crippen molar-refractivity contribution in [2.75, 3.05) is 0 Å².